The molecule has 0 N–H and O–H groups in total. The van der Waals surface area contributed by atoms with E-state index in [2.05, 4.69) is 44.3 Å². The van der Waals surface area contributed by atoms with Crippen molar-refractivity contribution in [2.75, 3.05) is 26.6 Å². The van der Waals surface area contributed by atoms with Crippen molar-refractivity contribution >= 4 is 28.5 Å². The standard InChI is InChI=1S/C18H30ClO2P/c1-18(2,3)17(20)21-14-10-9-12-15-11-7-8-13-16(15)22(4,5,6)19/h7-8,11,13H,9-10,12,14H2,1-6H3. The van der Waals surface area contributed by atoms with Gasteiger partial charge in [-0.05, 0) is 0 Å². The van der Waals surface area contributed by atoms with Crippen LogP contribution in [0.5, 0.6) is 0 Å². The Kier molecular flexibility index (Phi) is 6.09. The Morgan fingerprint density at radius 2 is 1.73 bits per heavy atom. The first-order valence-electron chi connectivity index (χ1n) is 7.86. The maximum absolute atomic E-state index is 11.7. The van der Waals surface area contributed by atoms with Gasteiger partial charge in [-0.2, -0.15) is 0 Å². The second kappa shape index (κ2) is 6.89. The van der Waals surface area contributed by atoms with Gasteiger partial charge in [-0.25, -0.2) is 0 Å². The molecule has 1 aromatic rings. The van der Waals surface area contributed by atoms with Crippen molar-refractivity contribution < 1.29 is 9.53 Å². The van der Waals surface area contributed by atoms with Crippen molar-refractivity contribution in [1.29, 1.82) is 0 Å². The van der Waals surface area contributed by atoms with Gasteiger partial charge in [0.15, 0.2) is 0 Å². The number of carbonyl (C=O) groups is 1. The Bertz CT molecular complexity index is 515. The zero-order valence-electron chi connectivity index (χ0n) is 14.8. The molecule has 0 aliphatic carbocycles. The predicted octanol–water partition coefficient (Wildman–Crippen LogP) is 4.82. The van der Waals surface area contributed by atoms with E-state index in [9.17, 15) is 4.79 Å². The van der Waals surface area contributed by atoms with Gasteiger partial charge in [0.1, 0.15) is 0 Å². The molecular formula is C18H30ClO2P. The van der Waals surface area contributed by atoms with Crippen LogP contribution in [-0.2, 0) is 16.0 Å². The summed E-state index contributed by atoms with van der Waals surface area (Å²) in [5.74, 6) is -2.40. The van der Waals surface area contributed by atoms with Crippen LogP contribution in [0.25, 0.3) is 0 Å². The molecule has 2 nitrogen and oxygen atoms in total. The Hall–Kier alpha value is -0.590. The molecule has 1 aromatic carbocycles. The van der Waals surface area contributed by atoms with Crippen LogP contribution < -0.4 is 5.30 Å². The van der Waals surface area contributed by atoms with Crippen molar-refractivity contribution in [3.63, 3.8) is 0 Å². The molecule has 0 spiro atoms. The van der Waals surface area contributed by atoms with Crippen LogP contribution >= 0.6 is 17.2 Å². The van der Waals surface area contributed by atoms with E-state index in [4.69, 9.17) is 16.0 Å². The Balaban J connectivity index is 2.52. The average Bonchev–Trinajstić information content (AvgIpc) is 2.35. The first-order chi connectivity index (χ1) is 9.88. The maximum atomic E-state index is 11.7. The number of benzene rings is 1. The fourth-order valence-electron chi connectivity index (χ4n) is 2.26. The molecule has 4 heteroatoms. The molecule has 0 atom stereocenters. The van der Waals surface area contributed by atoms with Gasteiger partial charge in [0, 0.05) is 0 Å². The zero-order chi connectivity index (χ0) is 17.0. The first kappa shape index (κ1) is 19.5. The molecule has 0 heterocycles. The quantitative estimate of drug-likeness (QED) is 0.420. The number of hydrogen-bond donors (Lipinski definition) is 0. The summed E-state index contributed by atoms with van der Waals surface area (Å²) >= 11 is 6.81. The third-order valence-electron chi connectivity index (χ3n) is 3.49. The van der Waals surface area contributed by atoms with Crippen LogP contribution in [0.1, 0.15) is 39.2 Å². The summed E-state index contributed by atoms with van der Waals surface area (Å²) < 4.78 is 5.30. The van der Waals surface area contributed by atoms with Crippen LogP contribution in [-0.4, -0.2) is 32.6 Å². The predicted molar refractivity (Wildman–Crippen MR) is 100.0 cm³/mol. The van der Waals surface area contributed by atoms with Crippen LogP contribution in [0.4, 0.5) is 0 Å². The SMILES string of the molecule is CC(C)(C)C(=O)OCCCCc1ccccc1P(C)(C)(C)Cl. The van der Waals surface area contributed by atoms with Crippen LogP contribution in [0, 0.1) is 5.41 Å². The second-order valence-electron chi connectivity index (χ2n) is 8.08. The molecule has 0 radical (unpaired) electrons. The number of carbonyl (C=O) groups excluding carboxylic acids is 1. The van der Waals surface area contributed by atoms with Crippen molar-refractivity contribution in [2.45, 2.75) is 40.0 Å². The Labute approximate surface area is 140 Å². The molecule has 0 fully saturated rings. The molecule has 126 valence electrons. The average molecular weight is 345 g/mol. The monoisotopic (exact) mass is 344 g/mol. The summed E-state index contributed by atoms with van der Waals surface area (Å²) in [5, 5.41) is 1.29. The minimum absolute atomic E-state index is 0.130. The summed E-state index contributed by atoms with van der Waals surface area (Å²) in [6.07, 6.45) is 2.85. The van der Waals surface area contributed by atoms with Gasteiger partial charge in [-0.3, -0.25) is 0 Å². The zero-order valence-corrected chi connectivity index (χ0v) is 16.4. The van der Waals surface area contributed by atoms with E-state index >= 15 is 0 Å². The minimum atomic E-state index is -2.27. The van der Waals surface area contributed by atoms with E-state index in [1.54, 1.807) is 0 Å². The van der Waals surface area contributed by atoms with Crippen molar-refractivity contribution in [2.24, 2.45) is 5.41 Å². The number of hydrogen-bond acceptors (Lipinski definition) is 2. The molecule has 0 aliphatic heterocycles. The van der Waals surface area contributed by atoms with Crippen molar-refractivity contribution in [3.8, 4) is 0 Å². The van der Waals surface area contributed by atoms with E-state index < -0.39 is 11.4 Å². The van der Waals surface area contributed by atoms with Gasteiger partial charge in [-0.15, -0.1) is 0 Å². The third-order valence-corrected chi connectivity index (χ3v) is 6.10. The number of unbranched alkanes of at least 4 members (excludes halogenated alkanes) is 1. The van der Waals surface area contributed by atoms with Gasteiger partial charge in [0.05, 0.1) is 0 Å². The van der Waals surface area contributed by atoms with E-state index in [1.165, 1.54) is 10.9 Å². The van der Waals surface area contributed by atoms with Gasteiger partial charge in [0.2, 0.25) is 0 Å². The summed E-state index contributed by atoms with van der Waals surface area (Å²) in [6, 6.07) is 8.44. The molecule has 0 bridgehead atoms. The molecule has 0 unspecified atom stereocenters. The first-order valence-corrected chi connectivity index (χ1v) is 12.3. The second-order valence-corrected chi connectivity index (χ2v) is 17.3. The fraction of sp³-hybridized carbons (Fsp3) is 0.611. The topological polar surface area (TPSA) is 26.3 Å². The summed E-state index contributed by atoms with van der Waals surface area (Å²) in [4.78, 5) is 11.7. The number of ether oxygens (including phenoxy) is 1. The van der Waals surface area contributed by atoms with E-state index in [0.717, 1.165) is 19.3 Å². The molecule has 1 rings (SSSR count). The molecule has 0 saturated carbocycles. The molecule has 0 aromatic heterocycles. The van der Waals surface area contributed by atoms with E-state index in [0.29, 0.717) is 6.61 Å². The van der Waals surface area contributed by atoms with Crippen molar-refractivity contribution in [1.82, 2.24) is 0 Å². The van der Waals surface area contributed by atoms with E-state index in [-0.39, 0.29) is 5.97 Å². The van der Waals surface area contributed by atoms with Gasteiger partial charge < -0.3 is 0 Å². The van der Waals surface area contributed by atoms with Crippen LogP contribution in [0.15, 0.2) is 24.3 Å². The molecule has 0 aliphatic rings. The number of esters is 1. The third kappa shape index (κ3) is 6.26. The summed E-state index contributed by atoms with van der Waals surface area (Å²) in [7, 11) is 0. The molecule has 0 amide bonds. The molecule has 22 heavy (non-hydrogen) atoms. The molecular weight excluding hydrogens is 315 g/mol. The molecule has 0 saturated heterocycles. The fourth-order valence-corrected chi connectivity index (χ4v) is 4.50. The number of aryl methyl sites for hydroxylation is 1. The Morgan fingerprint density at radius 1 is 1.14 bits per heavy atom. The van der Waals surface area contributed by atoms with Gasteiger partial charge >= 0.3 is 140 Å². The van der Waals surface area contributed by atoms with Gasteiger partial charge in [-0.1, -0.05) is 0 Å². The van der Waals surface area contributed by atoms with Crippen molar-refractivity contribution in [3.05, 3.63) is 29.8 Å². The summed E-state index contributed by atoms with van der Waals surface area (Å²) in [6.45, 7) is 12.6. The normalized spacial score (nSPS) is 14.2. The van der Waals surface area contributed by atoms with E-state index in [1.807, 2.05) is 20.8 Å². The number of halogens is 1. The van der Waals surface area contributed by atoms with Crippen LogP contribution in [0.3, 0.4) is 0 Å². The Morgan fingerprint density at radius 3 is 2.27 bits per heavy atom. The van der Waals surface area contributed by atoms with Gasteiger partial charge in [0.25, 0.3) is 0 Å². The number of rotatable bonds is 6. The summed E-state index contributed by atoms with van der Waals surface area (Å²) in [5.41, 5.74) is 0.902. The van der Waals surface area contributed by atoms with Crippen LogP contribution in [0.2, 0.25) is 0 Å².